The van der Waals surface area contributed by atoms with Gasteiger partial charge in [0.05, 0.1) is 0 Å². The molecule has 2 heterocycles. The summed E-state index contributed by atoms with van der Waals surface area (Å²) in [5, 5.41) is 0. The van der Waals surface area contributed by atoms with Gasteiger partial charge in [-0.1, -0.05) is 36.4 Å². The molecule has 1 unspecified atom stereocenters. The first kappa shape index (κ1) is 13.2. The number of hydrogen-bond donors (Lipinski definition) is 0. The summed E-state index contributed by atoms with van der Waals surface area (Å²) in [6.45, 7) is 1.16. The van der Waals surface area contributed by atoms with Crippen LogP contribution in [0.5, 0.6) is 0 Å². The fraction of sp³-hybridized carbons (Fsp3) is 0.389. The molecule has 1 saturated heterocycles. The van der Waals surface area contributed by atoms with Gasteiger partial charge in [-0.05, 0) is 49.8 Å². The Hall–Kier alpha value is -1.83. The number of hydrogen-bond acceptors (Lipinski definition) is 2. The van der Waals surface area contributed by atoms with Gasteiger partial charge in [0, 0.05) is 18.8 Å². The van der Waals surface area contributed by atoms with E-state index in [4.69, 9.17) is 0 Å². The molecule has 104 valence electrons. The van der Waals surface area contributed by atoms with Crippen LogP contribution in [0.1, 0.15) is 31.2 Å². The SMILES string of the molecule is c1ccc(CCCC2CCCN2c2ccccn2)cc1. The second kappa shape index (κ2) is 6.56. The summed E-state index contributed by atoms with van der Waals surface area (Å²) >= 11 is 0. The van der Waals surface area contributed by atoms with Gasteiger partial charge in [-0.3, -0.25) is 0 Å². The van der Waals surface area contributed by atoms with Gasteiger partial charge < -0.3 is 4.90 Å². The number of benzene rings is 1. The van der Waals surface area contributed by atoms with Crippen molar-refractivity contribution in [2.45, 2.75) is 38.1 Å². The van der Waals surface area contributed by atoms with Crippen LogP contribution in [0.15, 0.2) is 54.7 Å². The van der Waals surface area contributed by atoms with E-state index >= 15 is 0 Å². The number of nitrogens with zero attached hydrogens (tertiary/aromatic N) is 2. The van der Waals surface area contributed by atoms with E-state index in [-0.39, 0.29) is 0 Å². The molecule has 1 fully saturated rings. The summed E-state index contributed by atoms with van der Waals surface area (Å²) in [6.07, 6.45) is 8.23. The van der Waals surface area contributed by atoms with Crippen LogP contribution in [0.2, 0.25) is 0 Å². The highest BCUT2D eigenvalue weighted by molar-refractivity contribution is 5.40. The summed E-state index contributed by atoms with van der Waals surface area (Å²) < 4.78 is 0. The van der Waals surface area contributed by atoms with E-state index < -0.39 is 0 Å². The molecule has 0 bridgehead atoms. The topological polar surface area (TPSA) is 16.1 Å². The molecular weight excluding hydrogens is 244 g/mol. The lowest BCUT2D eigenvalue weighted by Crippen LogP contribution is -2.29. The van der Waals surface area contributed by atoms with E-state index in [1.54, 1.807) is 0 Å². The number of aromatic nitrogens is 1. The molecular formula is C18H22N2. The average molecular weight is 266 g/mol. The van der Waals surface area contributed by atoms with Gasteiger partial charge in [0.1, 0.15) is 5.82 Å². The van der Waals surface area contributed by atoms with Crippen molar-refractivity contribution < 1.29 is 0 Å². The third-order valence-corrected chi connectivity index (χ3v) is 4.17. The number of aryl methyl sites for hydroxylation is 1. The minimum absolute atomic E-state index is 0.675. The molecule has 2 heteroatoms. The Bertz CT molecular complexity index is 509. The maximum atomic E-state index is 4.50. The Kier molecular flexibility index (Phi) is 4.32. The van der Waals surface area contributed by atoms with Gasteiger partial charge in [-0.2, -0.15) is 0 Å². The van der Waals surface area contributed by atoms with Crippen molar-refractivity contribution in [1.82, 2.24) is 4.98 Å². The normalized spacial score (nSPS) is 18.4. The molecule has 1 atom stereocenters. The Morgan fingerprint density at radius 3 is 2.70 bits per heavy atom. The standard InChI is InChI=1S/C18H22N2/c1-2-8-16(9-3-1)10-6-11-17-12-7-15-20(17)18-13-4-5-14-19-18/h1-5,8-9,13-14,17H,6-7,10-12,15H2. The van der Waals surface area contributed by atoms with Crippen molar-refractivity contribution >= 4 is 5.82 Å². The van der Waals surface area contributed by atoms with Crippen LogP contribution >= 0.6 is 0 Å². The van der Waals surface area contributed by atoms with Crippen molar-refractivity contribution in [3.8, 4) is 0 Å². The zero-order chi connectivity index (χ0) is 13.6. The van der Waals surface area contributed by atoms with Gasteiger partial charge >= 0.3 is 0 Å². The smallest absolute Gasteiger partial charge is 0.128 e. The molecule has 0 N–H and O–H groups in total. The van der Waals surface area contributed by atoms with Gasteiger partial charge in [-0.25, -0.2) is 4.98 Å². The lowest BCUT2D eigenvalue weighted by atomic mass is 10.0. The lowest BCUT2D eigenvalue weighted by Gasteiger charge is -2.25. The van der Waals surface area contributed by atoms with E-state index in [2.05, 4.69) is 52.3 Å². The Morgan fingerprint density at radius 1 is 1.05 bits per heavy atom. The molecule has 20 heavy (non-hydrogen) atoms. The second-order valence-electron chi connectivity index (χ2n) is 5.56. The van der Waals surface area contributed by atoms with Crippen LogP contribution in [0.3, 0.4) is 0 Å². The zero-order valence-electron chi connectivity index (χ0n) is 11.9. The van der Waals surface area contributed by atoms with Gasteiger partial charge in [0.25, 0.3) is 0 Å². The van der Waals surface area contributed by atoms with Crippen LogP contribution in [0.4, 0.5) is 5.82 Å². The van der Waals surface area contributed by atoms with Crippen molar-refractivity contribution in [3.63, 3.8) is 0 Å². The molecule has 2 aromatic rings. The van der Waals surface area contributed by atoms with E-state index in [0.29, 0.717) is 6.04 Å². The quantitative estimate of drug-likeness (QED) is 0.811. The molecule has 0 amide bonds. The van der Waals surface area contributed by atoms with Gasteiger partial charge in [0.15, 0.2) is 0 Å². The lowest BCUT2D eigenvalue weighted by molar-refractivity contribution is 0.577. The number of rotatable bonds is 5. The van der Waals surface area contributed by atoms with Crippen LogP contribution in [0.25, 0.3) is 0 Å². The van der Waals surface area contributed by atoms with E-state index in [1.165, 1.54) is 37.7 Å². The first-order chi connectivity index (χ1) is 9.93. The summed E-state index contributed by atoms with van der Waals surface area (Å²) in [5.41, 5.74) is 1.45. The predicted octanol–water partition coefficient (Wildman–Crippen LogP) is 4.07. The maximum Gasteiger partial charge on any atom is 0.128 e. The largest absolute Gasteiger partial charge is 0.354 e. The minimum atomic E-state index is 0.675. The highest BCUT2D eigenvalue weighted by Crippen LogP contribution is 2.26. The maximum absolute atomic E-state index is 4.50. The highest BCUT2D eigenvalue weighted by Gasteiger charge is 2.24. The van der Waals surface area contributed by atoms with Crippen molar-refractivity contribution in [1.29, 1.82) is 0 Å². The number of pyridine rings is 1. The summed E-state index contributed by atoms with van der Waals surface area (Å²) in [7, 11) is 0. The average Bonchev–Trinajstić information content (AvgIpc) is 2.98. The van der Waals surface area contributed by atoms with Crippen molar-refractivity contribution in [2.24, 2.45) is 0 Å². The first-order valence-electron chi connectivity index (χ1n) is 7.65. The molecule has 0 radical (unpaired) electrons. The van der Waals surface area contributed by atoms with Crippen molar-refractivity contribution in [2.75, 3.05) is 11.4 Å². The van der Waals surface area contributed by atoms with E-state index in [1.807, 2.05) is 12.3 Å². The zero-order valence-corrected chi connectivity index (χ0v) is 11.9. The Morgan fingerprint density at radius 2 is 1.90 bits per heavy atom. The molecule has 2 nitrogen and oxygen atoms in total. The van der Waals surface area contributed by atoms with E-state index in [9.17, 15) is 0 Å². The summed E-state index contributed by atoms with van der Waals surface area (Å²) in [4.78, 5) is 6.99. The number of anilines is 1. The minimum Gasteiger partial charge on any atom is -0.354 e. The van der Waals surface area contributed by atoms with Crippen LogP contribution in [-0.4, -0.2) is 17.6 Å². The van der Waals surface area contributed by atoms with Crippen LogP contribution < -0.4 is 4.90 Å². The molecule has 1 aromatic carbocycles. The fourth-order valence-electron chi connectivity index (χ4n) is 3.15. The molecule has 1 aliphatic rings. The molecule has 0 spiro atoms. The Labute approximate surface area is 121 Å². The predicted molar refractivity (Wildman–Crippen MR) is 84.0 cm³/mol. The molecule has 1 aliphatic heterocycles. The summed E-state index contributed by atoms with van der Waals surface area (Å²) in [6, 6.07) is 17.7. The fourth-order valence-corrected chi connectivity index (χ4v) is 3.15. The van der Waals surface area contributed by atoms with Crippen molar-refractivity contribution in [3.05, 3.63) is 60.3 Å². The Balaban J connectivity index is 1.54. The monoisotopic (exact) mass is 266 g/mol. The first-order valence-corrected chi connectivity index (χ1v) is 7.65. The molecule has 0 saturated carbocycles. The highest BCUT2D eigenvalue weighted by atomic mass is 15.2. The molecule has 3 rings (SSSR count). The van der Waals surface area contributed by atoms with Gasteiger partial charge in [-0.15, -0.1) is 0 Å². The van der Waals surface area contributed by atoms with Crippen LogP contribution in [0, 0.1) is 0 Å². The molecule has 0 aliphatic carbocycles. The van der Waals surface area contributed by atoms with Gasteiger partial charge in [0.2, 0.25) is 0 Å². The second-order valence-corrected chi connectivity index (χ2v) is 5.56. The third kappa shape index (κ3) is 3.19. The summed E-state index contributed by atoms with van der Waals surface area (Å²) in [5.74, 6) is 1.15. The van der Waals surface area contributed by atoms with Crippen LogP contribution in [-0.2, 0) is 6.42 Å². The van der Waals surface area contributed by atoms with E-state index in [0.717, 1.165) is 12.4 Å². The molecule has 1 aromatic heterocycles. The third-order valence-electron chi connectivity index (χ3n) is 4.17.